The van der Waals surface area contributed by atoms with Crippen molar-refractivity contribution in [1.82, 2.24) is 0 Å². The van der Waals surface area contributed by atoms with Crippen LogP contribution in [0.25, 0.3) is 21.9 Å². The summed E-state index contributed by atoms with van der Waals surface area (Å²) in [6.45, 7) is 2.04. The van der Waals surface area contributed by atoms with Crippen molar-refractivity contribution in [3.8, 4) is 11.1 Å². The molecule has 88 valence electrons. The Morgan fingerprint density at radius 3 is 2.72 bits per heavy atom. The van der Waals surface area contributed by atoms with Gasteiger partial charge in [-0.15, -0.1) is 0 Å². The van der Waals surface area contributed by atoms with E-state index in [0.717, 1.165) is 33.7 Å². The molecule has 2 nitrogen and oxygen atoms in total. The molecule has 3 rings (SSSR count). The van der Waals surface area contributed by atoms with Gasteiger partial charge in [0.2, 0.25) is 0 Å². The zero-order chi connectivity index (χ0) is 12.5. The van der Waals surface area contributed by atoms with Crippen molar-refractivity contribution < 1.29 is 9.21 Å². The summed E-state index contributed by atoms with van der Waals surface area (Å²) in [7, 11) is 0. The maximum Gasteiger partial charge on any atom is 0.185 e. The van der Waals surface area contributed by atoms with Gasteiger partial charge >= 0.3 is 0 Å². The highest BCUT2D eigenvalue weighted by Gasteiger charge is 2.13. The highest BCUT2D eigenvalue weighted by atomic mass is 16.3. The molecule has 0 aliphatic carbocycles. The second kappa shape index (κ2) is 4.15. The molecule has 0 aliphatic heterocycles. The topological polar surface area (TPSA) is 30.2 Å². The van der Waals surface area contributed by atoms with Crippen LogP contribution in [0.5, 0.6) is 0 Å². The van der Waals surface area contributed by atoms with E-state index in [0.29, 0.717) is 5.76 Å². The van der Waals surface area contributed by atoms with Gasteiger partial charge in [0.1, 0.15) is 0 Å². The standard InChI is InChI=1S/C16H12O2/c1-11-6-7-12-4-2-3-5-13(12)16(11)14-8-9-18-15(14)10-17/h2-10H,1H3. The summed E-state index contributed by atoms with van der Waals surface area (Å²) in [4.78, 5) is 11.0. The van der Waals surface area contributed by atoms with Gasteiger partial charge in [-0.1, -0.05) is 36.4 Å². The Hall–Kier alpha value is -2.35. The van der Waals surface area contributed by atoms with Gasteiger partial charge in [-0.05, 0) is 34.9 Å². The van der Waals surface area contributed by atoms with Crippen molar-refractivity contribution in [2.75, 3.05) is 0 Å². The minimum absolute atomic E-state index is 0.384. The van der Waals surface area contributed by atoms with Gasteiger partial charge in [-0.2, -0.15) is 0 Å². The van der Waals surface area contributed by atoms with Crippen molar-refractivity contribution in [1.29, 1.82) is 0 Å². The maximum atomic E-state index is 11.0. The number of aldehydes is 1. The van der Waals surface area contributed by atoms with Gasteiger partial charge in [-0.3, -0.25) is 4.79 Å². The summed E-state index contributed by atoms with van der Waals surface area (Å²) in [5, 5.41) is 2.30. The van der Waals surface area contributed by atoms with Gasteiger partial charge in [0.05, 0.1) is 6.26 Å². The van der Waals surface area contributed by atoms with Crippen LogP contribution in [0.1, 0.15) is 16.1 Å². The zero-order valence-electron chi connectivity index (χ0n) is 10.0. The fourth-order valence-electron chi connectivity index (χ4n) is 2.36. The first-order valence-electron chi connectivity index (χ1n) is 5.82. The summed E-state index contributed by atoms with van der Waals surface area (Å²) < 4.78 is 5.20. The third-order valence-electron chi connectivity index (χ3n) is 3.21. The van der Waals surface area contributed by atoms with Crippen LogP contribution in [0, 0.1) is 6.92 Å². The van der Waals surface area contributed by atoms with Crippen LogP contribution in [-0.4, -0.2) is 6.29 Å². The monoisotopic (exact) mass is 236 g/mol. The fourth-order valence-corrected chi connectivity index (χ4v) is 2.36. The number of aryl methyl sites for hydroxylation is 1. The molecular weight excluding hydrogens is 224 g/mol. The third kappa shape index (κ3) is 1.54. The third-order valence-corrected chi connectivity index (χ3v) is 3.21. The predicted octanol–water partition coefficient (Wildman–Crippen LogP) is 4.22. The molecule has 2 heteroatoms. The highest BCUT2D eigenvalue weighted by Crippen LogP contribution is 2.33. The van der Waals surface area contributed by atoms with E-state index in [1.165, 1.54) is 0 Å². The first kappa shape index (κ1) is 10.8. The van der Waals surface area contributed by atoms with Crippen molar-refractivity contribution in [3.05, 3.63) is 60.1 Å². The molecule has 1 heterocycles. The smallest absolute Gasteiger partial charge is 0.185 e. The molecule has 0 saturated carbocycles. The molecule has 0 saturated heterocycles. The van der Waals surface area contributed by atoms with Crippen LogP contribution in [0.4, 0.5) is 0 Å². The van der Waals surface area contributed by atoms with Crippen molar-refractivity contribution >= 4 is 17.1 Å². The number of hydrogen-bond donors (Lipinski definition) is 0. The first-order valence-corrected chi connectivity index (χ1v) is 5.82. The number of carbonyl (C=O) groups excluding carboxylic acids is 1. The predicted molar refractivity (Wildman–Crippen MR) is 71.8 cm³/mol. The molecule has 1 aromatic heterocycles. The Morgan fingerprint density at radius 2 is 1.89 bits per heavy atom. The van der Waals surface area contributed by atoms with Gasteiger partial charge < -0.3 is 4.42 Å². The summed E-state index contributed by atoms with van der Waals surface area (Å²) in [5.74, 6) is 0.384. The van der Waals surface area contributed by atoms with Crippen LogP contribution < -0.4 is 0 Å². The van der Waals surface area contributed by atoms with Crippen molar-refractivity contribution in [3.63, 3.8) is 0 Å². The van der Waals surface area contributed by atoms with Crippen molar-refractivity contribution in [2.24, 2.45) is 0 Å². The lowest BCUT2D eigenvalue weighted by atomic mass is 9.94. The van der Waals surface area contributed by atoms with E-state index in [-0.39, 0.29) is 0 Å². The molecule has 0 spiro atoms. The molecule has 0 amide bonds. The van der Waals surface area contributed by atoms with Crippen LogP contribution in [-0.2, 0) is 0 Å². The van der Waals surface area contributed by atoms with Crippen LogP contribution in [0.15, 0.2) is 53.1 Å². The number of carbonyl (C=O) groups is 1. The maximum absolute atomic E-state index is 11.0. The van der Waals surface area contributed by atoms with Gasteiger partial charge in [0.15, 0.2) is 12.0 Å². The molecule has 0 radical (unpaired) electrons. The van der Waals surface area contributed by atoms with E-state index >= 15 is 0 Å². The minimum Gasteiger partial charge on any atom is -0.461 e. The lowest BCUT2D eigenvalue weighted by molar-refractivity contribution is 0.110. The molecule has 0 aliphatic rings. The quantitative estimate of drug-likeness (QED) is 0.623. The van der Waals surface area contributed by atoms with E-state index in [2.05, 4.69) is 24.3 Å². The second-order valence-electron chi connectivity index (χ2n) is 4.29. The molecular formula is C16H12O2. The lowest BCUT2D eigenvalue weighted by Crippen LogP contribution is -1.88. The molecule has 18 heavy (non-hydrogen) atoms. The average Bonchev–Trinajstić information content (AvgIpc) is 2.86. The molecule has 0 bridgehead atoms. The lowest BCUT2D eigenvalue weighted by Gasteiger charge is -2.09. The summed E-state index contributed by atoms with van der Waals surface area (Å²) in [5.41, 5.74) is 3.07. The normalized spacial score (nSPS) is 10.7. The highest BCUT2D eigenvalue weighted by molar-refractivity contribution is 6.01. The fraction of sp³-hybridized carbons (Fsp3) is 0.0625. The van der Waals surface area contributed by atoms with Crippen LogP contribution in [0.2, 0.25) is 0 Å². The Balaban J connectivity index is 2.41. The first-order chi connectivity index (χ1) is 8.81. The number of rotatable bonds is 2. The van der Waals surface area contributed by atoms with Gasteiger partial charge in [-0.25, -0.2) is 0 Å². The Labute approximate surface area is 105 Å². The van der Waals surface area contributed by atoms with E-state index < -0.39 is 0 Å². The van der Waals surface area contributed by atoms with E-state index in [1.54, 1.807) is 6.26 Å². The van der Waals surface area contributed by atoms with Crippen molar-refractivity contribution in [2.45, 2.75) is 6.92 Å². The molecule has 0 atom stereocenters. The number of benzene rings is 2. The molecule has 0 fully saturated rings. The van der Waals surface area contributed by atoms with E-state index in [4.69, 9.17) is 4.42 Å². The molecule has 2 aromatic carbocycles. The van der Waals surface area contributed by atoms with Crippen LogP contribution >= 0.6 is 0 Å². The Morgan fingerprint density at radius 1 is 1.06 bits per heavy atom. The Kier molecular flexibility index (Phi) is 2.49. The van der Waals surface area contributed by atoms with Gasteiger partial charge in [0, 0.05) is 5.56 Å². The van der Waals surface area contributed by atoms with Crippen LogP contribution in [0.3, 0.4) is 0 Å². The van der Waals surface area contributed by atoms with E-state index in [9.17, 15) is 4.79 Å². The Bertz CT molecular complexity index is 723. The summed E-state index contributed by atoms with van der Waals surface area (Å²) >= 11 is 0. The summed E-state index contributed by atoms with van der Waals surface area (Å²) in [6.07, 6.45) is 2.32. The minimum atomic E-state index is 0.384. The summed E-state index contributed by atoms with van der Waals surface area (Å²) in [6, 6.07) is 14.2. The average molecular weight is 236 g/mol. The largest absolute Gasteiger partial charge is 0.461 e. The molecule has 3 aromatic rings. The molecule has 0 unspecified atom stereocenters. The molecule has 0 N–H and O–H groups in total. The number of fused-ring (bicyclic) bond motifs is 1. The van der Waals surface area contributed by atoms with E-state index in [1.807, 2.05) is 25.1 Å². The number of furan rings is 1. The zero-order valence-corrected chi connectivity index (χ0v) is 10.0. The number of hydrogen-bond acceptors (Lipinski definition) is 2. The SMILES string of the molecule is Cc1ccc2ccccc2c1-c1ccoc1C=O. The second-order valence-corrected chi connectivity index (χ2v) is 4.29. The van der Waals surface area contributed by atoms with Gasteiger partial charge in [0.25, 0.3) is 0 Å².